The van der Waals surface area contributed by atoms with Crippen molar-refractivity contribution < 1.29 is 14.3 Å². The molecule has 0 saturated heterocycles. The summed E-state index contributed by atoms with van der Waals surface area (Å²) < 4.78 is 8.48. The molecule has 0 aliphatic carbocycles. The van der Waals surface area contributed by atoms with Crippen molar-refractivity contribution in [2.24, 2.45) is 4.99 Å². The molecule has 1 amide bonds. The summed E-state index contributed by atoms with van der Waals surface area (Å²) in [5.74, 6) is 1.87. The maximum atomic E-state index is 12.6. The molecule has 0 aliphatic heterocycles. The van der Waals surface area contributed by atoms with E-state index in [1.54, 1.807) is 41.8 Å². The Bertz CT molecular complexity index is 1140. The number of nitrogens with zero attached hydrogens (tertiary/aromatic N) is 2. The number of hydrogen-bond donors (Lipinski definition) is 0. The molecule has 0 N–H and O–H groups in total. The quantitative estimate of drug-likeness (QED) is 0.317. The van der Waals surface area contributed by atoms with E-state index in [-0.39, 0.29) is 18.4 Å². The van der Waals surface area contributed by atoms with Gasteiger partial charge >= 0.3 is 5.97 Å². The summed E-state index contributed by atoms with van der Waals surface area (Å²) in [5, 5.41) is 0. The molecular formula is C20H15IN2O3S. The summed E-state index contributed by atoms with van der Waals surface area (Å²) in [6, 6.07) is 12.5. The third-order valence-electron chi connectivity index (χ3n) is 3.74. The predicted molar refractivity (Wildman–Crippen MR) is 114 cm³/mol. The third kappa shape index (κ3) is 4.12. The second kappa shape index (κ2) is 8.50. The van der Waals surface area contributed by atoms with Crippen LogP contribution in [0.1, 0.15) is 27.6 Å². The van der Waals surface area contributed by atoms with Crippen LogP contribution in [0.4, 0.5) is 0 Å². The average Bonchev–Trinajstić information content (AvgIpc) is 2.99. The number of hydrogen-bond acceptors (Lipinski definition) is 4. The molecule has 0 fully saturated rings. The second-order valence-electron chi connectivity index (χ2n) is 5.47. The molecule has 5 nitrogen and oxygen atoms in total. The molecule has 2 aromatic carbocycles. The van der Waals surface area contributed by atoms with E-state index in [4.69, 9.17) is 11.2 Å². The SMILES string of the molecule is C#CCn1c(=NC(=O)c2ccccc2I)sc2cc(C(=O)OCC)ccc21. The van der Waals surface area contributed by atoms with Crippen molar-refractivity contribution in [1.82, 2.24) is 4.57 Å². The first-order valence-electron chi connectivity index (χ1n) is 8.12. The zero-order valence-electron chi connectivity index (χ0n) is 14.4. The van der Waals surface area contributed by atoms with Gasteiger partial charge in [0.2, 0.25) is 0 Å². The van der Waals surface area contributed by atoms with Crippen LogP contribution in [0.2, 0.25) is 0 Å². The van der Waals surface area contributed by atoms with Crippen LogP contribution in [-0.4, -0.2) is 23.1 Å². The van der Waals surface area contributed by atoms with Gasteiger partial charge in [0.25, 0.3) is 5.91 Å². The third-order valence-corrected chi connectivity index (χ3v) is 5.73. The highest BCUT2D eigenvalue weighted by molar-refractivity contribution is 14.1. The molecule has 0 bridgehead atoms. The van der Waals surface area contributed by atoms with Gasteiger partial charge in [0, 0.05) is 3.57 Å². The number of amides is 1. The van der Waals surface area contributed by atoms with E-state index in [0.717, 1.165) is 13.8 Å². The summed E-state index contributed by atoms with van der Waals surface area (Å²) >= 11 is 3.42. The summed E-state index contributed by atoms with van der Waals surface area (Å²) in [7, 11) is 0. The van der Waals surface area contributed by atoms with E-state index in [1.165, 1.54) is 11.3 Å². The fourth-order valence-corrected chi connectivity index (χ4v) is 4.21. The number of carbonyl (C=O) groups excluding carboxylic acids is 2. The number of fused-ring (bicyclic) bond motifs is 1. The summed E-state index contributed by atoms with van der Waals surface area (Å²) in [6.07, 6.45) is 5.50. The van der Waals surface area contributed by atoms with Gasteiger partial charge in [-0.2, -0.15) is 4.99 Å². The molecule has 1 aromatic heterocycles. The number of ether oxygens (including phenoxy) is 1. The molecular weight excluding hydrogens is 475 g/mol. The lowest BCUT2D eigenvalue weighted by atomic mass is 10.2. The molecule has 3 rings (SSSR count). The van der Waals surface area contributed by atoms with Gasteiger partial charge in [-0.3, -0.25) is 4.79 Å². The smallest absolute Gasteiger partial charge is 0.338 e. The van der Waals surface area contributed by atoms with Crippen LogP contribution in [-0.2, 0) is 11.3 Å². The Labute approximate surface area is 173 Å². The standard InChI is InChI=1S/C20H15IN2O3S/c1-3-11-23-16-10-9-13(19(25)26-4-2)12-17(16)27-20(23)22-18(24)14-7-5-6-8-15(14)21/h1,5-10,12H,4,11H2,2H3. The van der Waals surface area contributed by atoms with Crippen molar-refractivity contribution in [2.45, 2.75) is 13.5 Å². The summed E-state index contributed by atoms with van der Waals surface area (Å²) in [6.45, 7) is 2.34. The molecule has 0 unspecified atom stereocenters. The van der Waals surface area contributed by atoms with E-state index < -0.39 is 0 Å². The highest BCUT2D eigenvalue weighted by Gasteiger charge is 2.13. The second-order valence-corrected chi connectivity index (χ2v) is 7.65. The first-order valence-corrected chi connectivity index (χ1v) is 10.0. The maximum absolute atomic E-state index is 12.6. The Morgan fingerprint density at radius 3 is 2.78 bits per heavy atom. The van der Waals surface area contributed by atoms with Crippen molar-refractivity contribution in [3.8, 4) is 12.3 Å². The van der Waals surface area contributed by atoms with Crippen LogP contribution in [0, 0.1) is 15.9 Å². The van der Waals surface area contributed by atoms with Crippen LogP contribution in [0.3, 0.4) is 0 Å². The highest BCUT2D eigenvalue weighted by Crippen LogP contribution is 2.20. The van der Waals surface area contributed by atoms with Crippen LogP contribution in [0.15, 0.2) is 47.5 Å². The number of rotatable bonds is 4. The molecule has 0 aliphatic rings. The van der Waals surface area contributed by atoms with Gasteiger partial charge in [-0.25, -0.2) is 4.79 Å². The van der Waals surface area contributed by atoms with Gasteiger partial charge in [0.1, 0.15) is 0 Å². The summed E-state index contributed by atoms with van der Waals surface area (Å²) in [4.78, 5) is 29.4. The number of halogens is 1. The lowest BCUT2D eigenvalue weighted by molar-refractivity contribution is 0.0526. The topological polar surface area (TPSA) is 60.7 Å². The normalized spacial score (nSPS) is 11.4. The molecule has 7 heteroatoms. The minimum atomic E-state index is -0.385. The number of carbonyl (C=O) groups is 2. The summed E-state index contributed by atoms with van der Waals surface area (Å²) in [5.41, 5.74) is 1.81. The number of terminal acetylenes is 1. The van der Waals surface area contributed by atoms with Crippen molar-refractivity contribution >= 4 is 56.0 Å². The Morgan fingerprint density at radius 1 is 1.30 bits per heavy atom. The minimum absolute atomic E-state index is 0.275. The molecule has 136 valence electrons. The van der Waals surface area contributed by atoms with Crippen molar-refractivity contribution in [3.63, 3.8) is 0 Å². The predicted octanol–water partition coefficient (Wildman–Crippen LogP) is 3.86. The number of esters is 1. The fraction of sp³-hybridized carbons (Fsp3) is 0.150. The van der Waals surface area contributed by atoms with Gasteiger partial charge < -0.3 is 9.30 Å². The van der Waals surface area contributed by atoms with Gasteiger partial charge in [0.05, 0.1) is 34.5 Å². The largest absolute Gasteiger partial charge is 0.462 e. The van der Waals surface area contributed by atoms with Crippen LogP contribution in [0.5, 0.6) is 0 Å². The van der Waals surface area contributed by atoms with Gasteiger partial charge in [-0.1, -0.05) is 29.4 Å². The molecule has 0 spiro atoms. The van der Waals surface area contributed by atoms with E-state index >= 15 is 0 Å². The molecule has 0 atom stereocenters. The van der Waals surface area contributed by atoms with E-state index in [2.05, 4.69) is 33.5 Å². The lowest BCUT2D eigenvalue weighted by Gasteiger charge is -2.03. The van der Waals surface area contributed by atoms with Crippen LogP contribution >= 0.6 is 33.9 Å². The van der Waals surface area contributed by atoms with Gasteiger partial charge in [0.15, 0.2) is 4.80 Å². The molecule has 3 aromatic rings. The Morgan fingerprint density at radius 2 is 2.07 bits per heavy atom. The molecule has 0 saturated carbocycles. The zero-order valence-corrected chi connectivity index (χ0v) is 17.4. The zero-order chi connectivity index (χ0) is 19.4. The monoisotopic (exact) mass is 490 g/mol. The van der Waals surface area contributed by atoms with Gasteiger partial charge in [-0.05, 0) is 59.8 Å². The van der Waals surface area contributed by atoms with Crippen LogP contribution < -0.4 is 4.80 Å². The van der Waals surface area contributed by atoms with E-state index in [1.807, 2.05) is 12.1 Å². The first-order chi connectivity index (χ1) is 13.0. The Kier molecular flexibility index (Phi) is 6.08. The number of benzene rings is 2. The Balaban J connectivity index is 2.13. The van der Waals surface area contributed by atoms with Crippen molar-refractivity contribution in [2.75, 3.05) is 6.61 Å². The van der Waals surface area contributed by atoms with E-state index in [9.17, 15) is 9.59 Å². The molecule has 27 heavy (non-hydrogen) atoms. The van der Waals surface area contributed by atoms with Crippen molar-refractivity contribution in [3.05, 3.63) is 62.0 Å². The van der Waals surface area contributed by atoms with E-state index in [0.29, 0.717) is 22.5 Å². The van der Waals surface area contributed by atoms with Crippen molar-refractivity contribution in [1.29, 1.82) is 0 Å². The average molecular weight is 490 g/mol. The fourth-order valence-electron chi connectivity index (χ4n) is 2.53. The van der Waals surface area contributed by atoms with Gasteiger partial charge in [-0.15, -0.1) is 6.42 Å². The minimum Gasteiger partial charge on any atom is -0.462 e. The highest BCUT2D eigenvalue weighted by atomic mass is 127. The molecule has 0 radical (unpaired) electrons. The van der Waals surface area contributed by atoms with Crippen LogP contribution in [0.25, 0.3) is 10.2 Å². The number of aromatic nitrogens is 1. The maximum Gasteiger partial charge on any atom is 0.338 e. The molecule has 1 heterocycles. The lowest BCUT2D eigenvalue weighted by Crippen LogP contribution is -2.16. The number of thiazole rings is 1. The first kappa shape index (κ1) is 19.3. The Hall–Kier alpha value is -2.44.